The predicted octanol–water partition coefficient (Wildman–Crippen LogP) is 0.161. The second-order valence-electron chi connectivity index (χ2n) is 3.60. The van der Waals surface area contributed by atoms with Crippen LogP contribution in [0.1, 0.15) is 31.6 Å². The quantitative estimate of drug-likeness (QED) is 0.744. The van der Waals surface area contributed by atoms with E-state index < -0.39 is 0 Å². The number of rotatable bonds is 3. The van der Waals surface area contributed by atoms with Gasteiger partial charge >= 0.3 is 0 Å². The number of aromatic amines is 1. The fourth-order valence-electron chi connectivity index (χ4n) is 1.58. The van der Waals surface area contributed by atoms with Crippen LogP contribution in [0, 0.1) is 0 Å². The molecule has 0 aliphatic carbocycles. The van der Waals surface area contributed by atoms with Crippen molar-refractivity contribution in [1.29, 1.82) is 0 Å². The summed E-state index contributed by atoms with van der Waals surface area (Å²) in [6, 6.07) is -0.163. The average Bonchev–Trinajstić information content (AvgIpc) is 2.91. The van der Waals surface area contributed by atoms with Crippen molar-refractivity contribution in [2.45, 2.75) is 31.9 Å². The smallest absolute Gasteiger partial charge is 0.249 e. The summed E-state index contributed by atoms with van der Waals surface area (Å²) in [7, 11) is 0. The molecule has 1 aliphatic rings. The fraction of sp³-hybridized carbons (Fsp3) is 0.667. The van der Waals surface area contributed by atoms with Crippen LogP contribution in [-0.4, -0.2) is 33.8 Å². The standard InChI is InChI=1S/C9H14N4O2/c1-6(8-10-5-11-13-8)12-9(14)7-3-2-4-15-7/h5-7H,2-4H2,1H3,(H,12,14)(H,10,11,13)/t6?,7-/m0/s1. The highest BCUT2D eigenvalue weighted by Crippen LogP contribution is 2.13. The summed E-state index contributed by atoms with van der Waals surface area (Å²) in [6.07, 6.45) is 2.88. The fourth-order valence-corrected chi connectivity index (χ4v) is 1.58. The Morgan fingerprint density at radius 2 is 2.67 bits per heavy atom. The molecule has 82 valence electrons. The first-order chi connectivity index (χ1) is 7.27. The largest absolute Gasteiger partial charge is 0.368 e. The minimum atomic E-state index is -0.296. The van der Waals surface area contributed by atoms with Crippen LogP contribution in [0.2, 0.25) is 0 Å². The minimum absolute atomic E-state index is 0.0728. The first-order valence-electron chi connectivity index (χ1n) is 5.04. The zero-order valence-corrected chi connectivity index (χ0v) is 8.56. The van der Waals surface area contributed by atoms with Crippen molar-refractivity contribution in [2.24, 2.45) is 0 Å². The molecule has 0 saturated carbocycles. The van der Waals surface area contributed by atoms with E-state index in [2.05, 4.69) is 20.5 Å². The number of hydrogen-bond acceptors (Lipinski definition) is 4. The molecule has 0 aromatic carbocycles. The molecular weight excluding hydrogens is 196 g/mol. The van der Waals surface area contributed by atoms with Crippen LogP contribution >= 0.6 is 0 Å². The zero-order chi connectivity index (χ0) is 10.7. The van der Waals surface area contributed by atoms with Gasteiger partial charge in [0.15, 0.2) is 0 Å². The van der Waals surface area contributed by atoms with Crippen molar-refractivity contribution in [3.05, 3.63) is 12.2 Å². The number of aromatic nitrogens is 3. The Labute approximate surface area is 87.4 Å². The van der Waals surface area contributed by atoms with Gasteiger partial charge in [0.25, 0.3) is 0 Å². The zero-order valence-electron chi connectivity index (χ0n) is 8.56. The van der Waals surface area contributed by atoms with Gasteiger partial charge < -0.3 is 10.1 Å². The predicted molar refractivity (Wildman–Crippen MR) is 51.9 cm³/mol. The maximum absolute atomic E-state index is 11.7. The first kappa shape index (κ1) is 10.1. The molecule has 1 unspecified atom stereocenters. The Balaban J connectivity index is 1.88. The van der Waals surface area contributed by atoms with E-state index >= 15 is 0 Å². The molecule has 0 bridgehead atoms. The lowest BCUT2D eigenvalue weighted by Gasteiger charge is -2.14. The van der Waals surface area contributed by atoms with Crippen molar-refractivity contribution >= 4 is 5.91 Å². The van der Waals surface area contributed by atoms with E-state index in [9.17, 15) is 4.79 Å². The molecule has 6 nitrogen and oxygen atoms in total. The lowest BCUT2D eigenvalue weighted by atomic mass is 10.2. The molecule has 1 saturated heterocycles. The second kappa shape index (κ2) is 4.39. The number of nitrogens with zero attached hydrogens (tertiary/aromatic N) is 2. The summed E-state index contributed by atoms with van der Waals surface area (Å²) in [5, 5.41) is 9.27. The molecule has 15 heavy (non-hydrogen) atoms. The van der Waals surface area contributed by atoms with Gasteiger partial charge in [-0.15, -0.1) is 0 Å². The molecule has 2 atom stereocenters. The maximum Gasteiger partial charge on any atom is 0.249 e. The van der Waals surface area contributed by atoms with Gasteiger partial charge in [0.05, 0.1) is 6.04 Å². The molecular formula is C9H14N4O2. The van der Waals surface area contributed by atoms with Crippen molar-refractivity contribution in [2.75, 3.05) is 6.61 Å². The number of amides is 1. The van der Waals surface area contributed by atoms with Gasteiger partial charge in [0.1, 0.15) is 18.3 Å². The van der Waals surface area contributed by atoms with Gasteiger partial charge in [0, 0.05) is 6.61 Å². The van der Waals surface area contributed by atoms with Crippen LogP contribution in [0.4, 0.5) is 0 Å². The van der Waals surface area contributed by atoms with Crippen LogP contribution < -0.4 is 5.32 Å². The van der Waals surface area contributed by atoms with Gasteiger partial charge in [0.2, 0.25) is 5.91 Å². The SMILES string of the molecule is CC(NC(=O)[C@@H]1CCCO1)c1ncn[nH]1. The topological polar surface area (TPSA) is 79.9 Å². The minimum Gasteiger partial charge on any atom is -0.368 e. The molecule has 2 rings (SSSR count). The second-order valence-corrected chi connectivity index (χ2v) is 3.60. The van der Waals surface area contributed by atoms with Crippen molar-refractivity contribution in [3.8, 4) is 0 Å². The summed E-state index contributed by atoms with van der Waals surface area (Å²) in [4.78, 5) is 15.6. The average molecular weight is 210 g/mol. The van der Waals surface area contributed by atoms with E-state index in [0.29, 0.717) is 12.4 Å². The highest BCUT2D eigenvalue weighted by molar-refractivity contribution is 5.81. The third kappa shape index (κ3) is 2.33. The highest BCUT2D eigenvalue weighted by Gasteiger charge is 2.25. The third-order valence-corrected chi connectivity index (χ3v) is 2.42. The Kier molecular flexibility index (Phi) is 2.96. The third-order valence-electron chi connectivity index (χ3n) is 2.42. The lowest BCUT2D eigenvalue weighted by Crippen LogP contribution is -2.36. The normalized spacial score (nSPS) is 22.6. The summed E-state index contributed by atoms with van der Waals surface area (Å²) >= 11 is 0. The molecule has 0 radical (unpaired) electrons. The van der Waals surface area contributed by atoms with Crippen molar-refractivity contribution in [1.82, 2.24) is 20.5 Å². The van der Waals surface area contributed by atoms with Crippen LogP contribution in [0.15, 0.2) is 6.33 Å². The van der Waals surface area contributed by atoms with E-state index in [4.69, 9.17) is 4.74 Å². The molecule has 6 heteroatoms. The Morgan fingerprint density at radius 1 is 1.80 bits per heavy atom. The Hall–Kier alpha value is -1.43. The van der Waals surface area contributed by atoms with E-state index in [0.717, 1.165) is 12.8 Å². The molecule has 2 N–H and O–H groups in total. The molecule has 1 aromatic rings. The van der Waals surface area contributed by atoms with Crippen LogP contribution in [0.25, 0.3) is 0 Å². The van der Waals surface area contributed by atoms with Crippen LogP contribution in [0.3, 0.4) is 0 Å². The highest BCUT2D eigenvalue weighted by atomic mass is 16.5. The number of nitrogens with one attached hydrogen (secondary N) is 2. The van der Waals surface area contributed by atoms with Gasteiger partial charge in [-0.05, 0) is 19.8 Å². The summed E-state index contributed by atoms with van der Waals surface area (Å²) in [6.45, 7) is 2.53. The van der Waals surface area contributed by atoms with E-state index in [1.54, 1.807) is 0 Å². The van der Waals surface area contributed by atoms with Gasteiger partial charge in [-0.1, -0.05) is 0 Å². The number of hydrogen-bond donors (Lipinski definition) is 2. The number of ether oxygens (including phenoxy) is 1. The molecule has 1 fully saturated rings. The number of H-pyrrole nitrogens is 1. The van der Waals surface area contributed by atoms with Crippen molar-refractivity contribution in [3.63, 3.8) is 0 Å². The molecule has 1 aromatic heterocycles. The summed E-state index contributed by atoms with van der Waals surface area (Å²) < 4.78 is 5.27. The maximum atomic E-state index is 11.7. The van der Waals surface area contributed by atoms with Gasteiger partial charge in [-0.2, -0.15) is 5.10 Å². The Bertz CT molecular complexity index is 319. The molecule has 2 heterocycles. The lowest BCUT2D eigenvalue weighted by molar-refractivity contribution is -0.130. The van der Waals surface area contributed by atoms with Crippen LogP contribution in [-0.2, 0) is 9.53 Å². The number of carbonyl (C=O) groups is 1. The molecule has 0 spiro atoms. The van der Waals surface area contributed by atoms with Gasteiger partial charge in [-0.25, -0.2) is 4.98 Å². The Morgan fingerprint density at radius 3 is 3.27 bits per heavy atom. The van der Waals surface area contributed by atoms with Crippen LogP contribution in [0.5, 0.6) is 0 Å². The van der Waals surface area contributed by atoms with E-state index in [-0.39, 0.29) is 18.1 Å². The van der Waals surface area contributed by atoms with Gasteiger partial charge in [-0.3, -0.25) is 9.89 Å². The first-order valence-corrected chi connectivity index (χ1v) is 5.04. The van der Waals surface area contributed by atoms with E-state index in [1.807, 2.05) is 6.92 Å². The molecule has 1 amide bonds. The van der Waals surface area contributed by atoms with Crippen molar-refractivity contribution < 1.29 is 9.53 Å². The van der Waals surface area contributed by atoms with E-state index in [1.165, 1.54) is 6.33 Å². The number of carbonyl (C=O) groups excluding carboxylic acids is 1. The monoisotopic (exact) mass is 210 g/mol. The molecule has 1 aliphatic heterocycles. The summed E-state index contributed by atoms with van der Waals surface area (Å²) in [5.41, 5.74) is 0. The summed E-state index contributed by atoms with van der Waals surface area (Å²) in [5.74, 6) is 0.581.